The Labute approximate surface area is 93.9 Å². The average molecular weight is 273 g/mol. The van der Waals surface area contributed by atoms with Crippen molar-refractivity contribution < 1.29 is 10.2 Å². The van der Waals surface area contributed by atoms with Gasteiger partial charge in [0.15, 0.2) is 5.06 Å². The van der Waals surface area contributed by atoms with Gasteiger partial charge in [-0.3, -0.25) is 0 Å². The number of aromatic hydroxyl groups is 1. The predicted molar refractivity (Wildman–Crippen MR) is 62.0 cm³/mol. The van der Waals surface area contributed by atoms with E-state index in [4.69, 9.17) is 5.11 Å². The van der Waals surface area contributed by atoms with E-state index in [2.05, 4.69) is 15.9 Å². The summed E-state index contributed by atoms with van der Waals surface area (Å²) in [5.41, 5.74) is 1.74. The van der Waals surface area contributed by atoms with E-state index < -0.39 is 0 Å². The zero-order valence-corrected chi connectivity index (χ0v) is 9.73. The standard InChI is InChI=1S/C10H9BrO2S/c11-4-6-2-1-3-8-9(6)7(5-12)10(13)14-8/h1-3,12-13H,4-5H2. The maximum Gasteiger partial charge on any atom is 0.177 e. The van der Waals surface area contributed by atoms with Gasteiger partial charge in [0, 0.05) is 21.0 Å². The van der Waals surface area contributed by atoms with E-state index in [0.29, 0.717) is 5.56 Å². The van der Waals surface area contributed by atoms with Gasteiger partial charge in [0.05, 0.1) is 6.61 Å². The summed E-state index contributed by atoms with van der Waals surface area (Å²) in [7, 11) is 0. The van der Waals surface area contributed by atoms with Crippen molar-refractivity contribution in [1.29, 1.82) is 0 Å². The molecule has 14 heavy (non-hydrogen) atoms. The van der Waals surface area contributed by atoms with Crippen LogP contribution in [0.15, 0.2) is 18.2 Å². The van der Waals surface area contributed by atoms with Crippen molar-refractivity contribution in [3.8, 4) is 5.06 Å². The van der Waals surface area contributed by atoms with Crippen molar-refractivity contribution in [1.82, 2.24) is 0 Å². The molecule has 0 amide bonds. The number of hydrogen-bond acceptors (Lipinski definition) is 3. The lowest BCUT2D eigenvalue weighted by Crippen LogP contribution is -1.85. The van der Waals surface area contributed by atoms with E-state index in [1.807, 2.05) is 18.2 Å². The molecule has 0 aliphatic rings. The Balaban J connectivity index is 2.82. The molecule has 0 saturated carbocycles. The first kappa shape index (κ1) is 9.96. The monoisotopic (exact) mass is 272 g/mol. The molecule has 0 spiro atoms. The van der Waals surface area contributed by atoms with Crippen LogP contribution in [0.1, 0.15) is 11.1 Å². The van der Waals surface area contributed by atoms with Crippen LogP contribution in [0.3, 0.4) is 0 Å². The Morgan fingerprint density at radius 1 is 1.36 bits per heavy atom. The third kappa shape index (κ3) is 1.43. The first-order valence-electron chi connectivity index (χ1n) is 4.17. The average Bonchev–Trinajstić information content (AvgIpc) is 2.52. The van der Waals surface area contributed by atoms with Gasteiger partial charge in [0.2, 0.25) is 0 Å². The lowest BCUT2D eigenvalue weighted by atomic mass is 10.1. The number of aliphatic hydroxyl groups is 1. The Morgan fingerprint density at radius 3 is 2.79 bits per heavy atom. The molecule has 0 fully saturated rings. The number of fused-ring (bicyclic) bond motifs is 1. The highest BCUT2D eigenvalue weighted by atomic mass is 79.9. The van der Waals surface area contributed by atoms with Gasteiger partial charge in [-0.25, -0.2) is 0 Å². The van der Waals surface area contributed by atoms with Gasteiger partial charge in [-0.2, -0.15) is 0 Å². The van der Waals surface area contributed by atoms with Crippen LogP contribution in [-0.2, 0) is 11.9 Å². The molecule has 2 N–H and O–H groups in total. The van der Waals surface area contributed by atoms with Gasteiger partial charge in [-0.15, -0.1) is 0 Å². The van der Waals surface area contributed by atoms with Crippen LogP contribution in [0, 0.1) is 0 Å². The highest BCUT2D eigenvalue weighted by Crippen LogP contribution is 2.38. The first-order chi connectivity index (χ1) is 6.77. The number of halogens is 1. The summed E-state index contributed by atoms with van der Waals surface area (Å²) >= 11 is 4.70. The molecular formula is C10H9BrO2S. The molecule has 0 unspecified atom stereocenters. The summed E-state index contributed by atoms with van der Waals surface area (Å²) in [4.78, 5) is 0. The Morgan fingerprint density at radius 2 is 2.14 bits per heavy atom. The molecule has 0 radical (unpaired) electrons. The molecular weight excluding hydrogens is 264 g/mol. The zero-order chi connectivity index (χ0) is 10.1. The van der Waals surface area contributed by atoms with Crippen LogP contribution in [0.25, 0.3) is 10.1 Å². The number of hydrogen-bond donors (Lipinski definition) is 2. The van der Waals surface area contributed by atoms with Crippen molar-refractivity contribution >= 4 is 37.4 Å². The number of thiophene rings is 1. The molecule has 2 rings (SSSR count). The van der Waals surface area contributed by atoms with E-state index in [0.717, 1.165) is 21.0 Å². The second-order valence-corrected chi connectivity index (χ2v) is 4.56. The summed E-state index contributed by atoms with van der Waals surface area (Å²) < 4.78 is 1.02. The van der Waals surface area contributed by atoms with E-state index in [1.54, 1.807) is 0 Å². The molecule has 0 atom stereocenters. The van der Waals surface area contributed by atoms with E-state index >= 15 is 0 Å². The highest BCUT2D eigenvalue weighted by molar-refractivity contribution is 9.08. The number of aliphatic hydroxyl groups excluding tert-OH is 1. The quantitative estimate of drug-likeness (QED) is 0.826. The number of benzene rings is 1. The second kappa shape index (κ2) is 3.88. The van der Waals surface area contributed by atoms with Crippen LogP contribution in [0.5, 0.6) is 5.06 Å². The smallest absolute Gasteiger partial charge is 0.177 e. The van der Waals surface area contributed by atoms with Crippen molar-refractivity contribution in [2.45, 2.75) is 11.9 Å². The maximum absolute atomic E-state index is 9.60. The Hall–Kier alpha value is -0.580. The minimum absolute atomic E-state index is 0.115. The van der Waals surface area contributed by atoms with Gasteiger partial charge < -0.3 is 10.2 Å². The van der Waals surface area contributed by atoms with Crippen molar-refractivity contribution in [2.75, 3.05) is 0 Å². The molecule has 74 valence electrons. The molecule has 1 aromatic heterocycles. The molecule has 4 heteroatoms. The lowest BCUT2D eigenvalue weighted by Gasteiger charge is -2.00. The third-order valence-electron chi connectivity index (χ3n) is 2.18. The Bertz CT molecular complexity index is 464. The fourth-order valence-electron chi connectivity index (χ4n) is 1.53. The van der Waals surface area contributed by atoms with Gasteiger partial charge in [-0.1, -0.05) is 39.4 Å². The summed E-state index contributed by atoms with van der Waals surface area (Å²) in [6.45, 7) is -0.115. The fourth-order valence-corrected chi connectivity index (χ4v) is 3.00. The van der Waals surface area contributed by atoms with E-state index in [-0.39, 0.29) is 11.7 Å². The molecule has 1 heterocycles. The normalized spacial score (nSPS) is 11.0. The Kier molecular flexibility index (Phi) is 2.76. The molecule has 0 saturated heterocycles. The van der Waals surface area contributed by atoms with Gasteiger partial charge in [-0.05, 0) is 11.6 Å². The largest absolute Gasteiger partial charge is 0.499 e. The number of rotatable bonds is 2. The minimum Gasteiger partial charge on any atom is -0.499 e. The van der Waals surface area contributed by atoms with Gasteiger partial charge in [0.25, 0.3) is 0 Å². The van der Waals surface area contributed by atoms with Crippen LogP contribution in [0.4, 0.5) is 0 Å². The van der Waals surface area contributed by atoms with Crippen LogP contribution < -0.4 is 0 Å². The molecule has 2 nitrogen and oxygen atoms in total. The summed E-state index contributed by atoms with van der Waals surface area (Å²) in [6.07, 6.45) is 0. The topological polar surface area (TPSA) is 40.5 Å². The van der Waals surface area contributed by atoms with E-state index in [9.17, 15) is 5.11 Å². The summed E-state index contributed by atoms with van der Waals surface area (Å²) in [5.74, 6) is 0. The molecule has 1 aromatic carbocycles. The van der Waals surface area contributed by atoms with Crippen LogP contribution in [0.2, 0.25) is 0 Å². The first-order valence-corrected chi connectivity index (χ1v) is 6.10. The van der Waals surface area contributed by atoms with Gasteiger partial charge >= 0.3 is 0 Å². The summed E-state index contributed by atoms with van der Waals surface area (Å²) in [5, 5.41) is 20.7. The van der Waals surface area contributed by atoms with E-state index in [1.165, 1.54) is 11.3 Å². The fraction of sp³-hybridized carbons (Fsp3) is 0.200. The van der Waals surface area contributed by atoms with Crippen molar-refractivity contribution in [3.05, 3.63) is 29.3 Å². The second-order valence-electron chi connectivity index (χ2n) is 2.97. The van der Waals surface area contributed by atoms with Crippen molar-refractivity contribution in [2.24, 2.45) is 0 Å². The van der Waals surface area contributed by atoms with Crippen LogP contribution in [-0.4, -0.2) is 10.2 Å². The van der Waals surface area contributed by atoms with Crippen molar-refractivity contribution in [3.63, 3.8) is 0 Å². The number of alkyl halides is 1. The highest BCUT2D eigenvalue weighted by Gasteiger charge is 2.12. The third-order valence-corrected chi connectivity index (χ3v) is 3.79. The summed E-state index contributed by atoms with van der Waals surface area (Å²) in [6, 6.07) is 5.89. The zero-order valence-electron chi connectivity index (χ0n) is 7.33. The minimum atomic E-state index is -0.115. The molecule has 0 aliphatic carbocycles. The van der Waals surface area contributed by atoms with Crippen LogP contribution >= 0.6 is 27.3 Å². The molecule has 0 bridgehead atoms. The maximum atomic E-state index is 9.60. The SMILES string of the molecule is OCc1c(O)sc2cccc(CBr)c12. The predicted octanol–water partition coefficient (Wildman–Crippen LogP) is 2.99. The van der Waals surface area contributed by atoms with Gasteiger partial charge in [0.1, 0.15) is 0 Å². The lowest BCUT2D eigenvalue weighted by molar-refractivity contribution is 0.278. The molecule has 2 aromatic rings. The molecule has 0 aliphatic heterocycles.